The van der Waals surface area contributed by atoms with E-state index in [2.05, 4.69) is 27.1 Å². The molecule has 0 fully saturated rings. The van der Waals surface area contributed by atoms with Gasteiger partial charge in [-0.15, -0.1) is 6.58 Å². The molecule has 20 heavy (non-hydrogen) atoms. The van der Waals surface area contributed by atoms with Crippen molar-refractivity contribution < 1.29 is 4.79 Å². The van der Waals surface area contributed by atoms with Crippen molar-refractivity contribution in [3.05, 3.63) is 54.5 Å². The molecule has 2 aromatic rings. The van der Waals surface area contributed by atoms with Crippen LogP contribution < -0.4 is 10.2 Å². The molecule has 0 radical (unpaired) electrons. The second-order valence-electron chi connectivity index (χ2n) is 4.34. The Morgan fingerprint density at radius 2 is 2.35 bits per heavy atom. The predicted octanol–water partition coefficient (Wildman–Crippen LogP) is 1.36. The Balaban J connectivity index is 2.00. The molecule has 2 rings (SSSR count). The van der Waals surface area contributed by atoms with Crippen molar-refractivity contribution in [1.82, 2.24) is 20.5 Å². The summed E-state index contributed by atoms with van der Waals surface area (Å²) in [5.74, 6) is 0.639. The molecule has 0 spiro atoms. The number of hydrogen-bond acceptors (Lipinski definition) is 4. The summed E-state index contributed by atoms with van der Waals surface area (Å²) < 4.78 is 0. The van der Waals surface area contributed by atoms with Crippen LogP contribution >= 0.6 is 0 Å². The van der Waals surface area contributed by atoms with E-state index in [0.717, 1.165) is 11.5 Å². The second-order valence-corrected chi connectivity index (χ2v) is 4.34. The molecule has 0 saturated heterocycles. The smallest absolute Gasteiger partial charge is 0.253 e. The molecule has 0 bridgehead atoms. The number of anilines is 1. The Hall–Kier alpha value is -2.63. The molecule has 0 saturated carbocycles. The lowest BCUT2D eigenvalue weighted by atomic mass is 10.2. The van der Waals surface area contributed by atoms with Crippen LogP contribution in [0.4, 0.5) is 5.82 Å². The van der Waals surface area contributed by atoms with E-state index in [1.54, 1.807) is 24.5 Å². The van der Waals surface area contributed by atoms with Crippen molar-refractivity contribution in [2.75, 3.05) is 18.5 Å². The highest BCUT2D eigenvalue weighted by Crippen LogP contribution is 2.12. The van der Waals surface area contributed by atoms with Gasteiger partial charge < -0.3 is 10.2 Å². The lowest BCUT2D eigenvalue weighted by Crippen LogP contribution is -2.24. The van der Waals surface area contributed by atoms with Crippen LogP contribution in [-0.4, -0.2) is 34.7 Å². The second kappa shape index (κ2) is 6.51. The quantitative estimate of drug-likeness (QED) is 0.778. The van der Waals surface area contributed by atoms with Gasteiger partial charge in [0, 0.05) is 26.0 Å². The number of hydrogen-bond donors (Lipinski definition) is 2. The van der Waals surface area contributed by atoms with Gasteiger partial charge in [0.1, 0.15) is 5.82 Å². The Labute approximate surface area is 117 Å². The van der Waals surface area contributed by atoms with Crippen molar-refractivity contribution in [1.29, 1.82) is 0 Å². The Kier molecular flexibility index (Phi) is 4.49. The van der Waals surface area contributed by atoms with E-state index < -0.39 is 0 Å². The maximum absolute atomic E-state index is 11.7. The summed E-state index contributed by atoms with van der Waals surface area (Å²) in [5.41, 5.74) is 1.53. The molecule has 6 nitrogen and oxygen atoms in total. The Morgan fingerprint density at radius 3 is 2.95 bits per heavy atom. The third kappa shape index (κ3) is 3.44. The van der Waals surface area contributed by atoms with Crippen LogP contribution in [0, 0.1) is 0 Å². The van der Waals surface area contributed by atoms with E-state index in [9.17, 15) is 4.79 Å². The number of H-pyrrole nitrogens is 1. The molecule has 2 aromatic heterocycles. The first-order valence-electron chi connectivity index (χ1n) is 6.25. The van der Waals surface area contributed by atoms with E-state index in [0.29, 0.717) is 18.7 Å². The molecule has 0 aliphatic heterocycles. The molecule has 104 valence electrons. The summed E-state index contributed by atoms with van der Waals surface area (Å²) in [6.07, 6.45) is 4.92. The number of nitrogens with zero attached hydrogens (tertiary/aromatic N) is 3. The zero-order valence-electron chi connectivity index (χ0n) is 11.3. The van der Waals surface area contributed by atoms with E-state index in [-0.39, 0.29) is 5.91 Å². The predicted molar refractivity (Wildman–Crippen MR) is 77.5 cm³/mol. The third-order valence-corrected chi connectivity index (χ3v) is 2.77. The molecule has 0 aliphatic carbocycles. The minimum absolute atomic E-state index is 0.153. The molecule has 0 unspecified atom stereocenters. The standard InChI is InChI=1S/C14H17N5O/c1-3-7-15-14(20)11-4-5-13(16-9-11)19(2)10-12-6-8-17-18-12/h3-6,8-9H,1,7,10H2,2H3,(H,15,20)(H,17,18). The van der Waals surface area contributed by atoms with Crippen molar-refractivity contribution in [3.8, 4) is 0 Å². The minimum atomic E-state index is -0.153. The Morgan fingerprint density at radius 1 is 1.50 bits per heavy atom. The molecule has 0 aliphatic rings. The van der Waals surface area contributed by atoms with E-state index in [1.807, 2.05) is 24.1 Å². The molecule has 2 heterocycles. The number of carbonyl (C=O) groups is 1. The van der Waals surface area contributed by atoms with Gasteiger partial charge in [0.25, 0.3) is 5.91 Å². The largest absolute Gasteiger partial charge is 0.354 e. The number of carbonyl (C=O) groups excluding carboxylic acids is 1. The first-order valence-corrected chi connectivity index (χ1v) is 6.25. The maximum Gasteiger partial charge on any atom is 0.253 e. The molecule has 0 aromatic carbocycles. The van der Waals surface area contributed by atoms with Crippen LogP contribution in [0.15, 0.2) is 43.2 Å². The summed E-state index contributed by atoms with van der Waals surface area (Å²) in [6.45, 7) is 4.67. The molecule has 2 N–H and O–H groups in total. The highest BCUT2D eigenvalue weighted by molar-refractivity contribution is 5.94. The molecular weight excluding hydrogens is 254 g/mol. The van der Waals surface area contributed by atoms with Gasteiger partial charge in [0.2, 0.25) is 0 Å². The van der Waals surface area contributed by atoms with Gasteiger partial charge in [0.05, 0.1) is 17.8 Å². The summed E-state index contributed by atoms with van der Waals surface area (Å²) in [4.78, 5) is 18.0. The van der Waals surface area contributed by atoms with E-state index >= 15 is 0 Å². The fraction of sp³-hybridized carbons (Fsp3) is 0.214. The first-order chi connectivity index (χ1) is 9.70. The van der Waals surface area contributed by atoms with E-state index in [1.165, 1.54) is 0 Å². The van der Waals surface area contributed by atoms with Gasteiger partial charge in [-0.05, 0) is 18.2 Å². The van der Waals surface area contributed by atoms with Gasteiger partial charge in [0.15, 0.2) is 0 Å². The zero-order chi connectivity index (χ0) is 14.4. The van der Waals surface area contributed by atoms with Gasteiger partial charge >= 0.3 is 0 Å². The van der Waals surface area contributed by atoms with Gasteiger partial charge in [-0.3, -0.25) is 9.89 Å². The normalized spacial score (nSPS) is 10.1. The fourth-order valence-electron chi connectivity index (χ4n) is 1.72. The molecule has 0 atom stereocenters. The van der Waals surface area contributed by atoms with Crippen LogP contribution in [0.2, 0.25) is 0 Å². The Bertz CT molecular complexity index is 562. The van der Waals surface area contributed by atoms with Crippen LogP contribution in [0.1, 0.15) is 16.1 Å². The molecular formula is C14H17N5O. The van der Waals surface area contributed by atoms with Crippen molar-refractivity contribution in [2.45, 2.75) is 6.54 Å². The number of nitrogens with one attached hydrogen (secondary N) is 2. The average molecular weight is 271 g/mol. The summed E-state index contributed by atoms with van der Waals surface area (Å²) in [5, 5.41) is 9.51. The SMILES string of the molecule is C=CCNC(=O)c1ccc(N(C)Cc2ccn[nH]2)nc1. The lowest BCUT2D eigenvalue weighted by molar-refractivity contribution is 0.0957. The van der Waals surface area contributed by atoms with Crippen LogP contribution in [-0.2, 0) is 6.54 Å². The summed E-state index contributed by atoms with van der Waals surface area (Å²) in [7, 11) is 1.93. The highest BCUT2D eigenvalue weighted by Gasteiger charge is 2.08. The van der Waals surface area contributed by atoms with Crippen molar-refractivity contribution >= 4 is 11.7 Å². The van der Waals surface area contributed by atoms with Gasteiger partial charge in [-0.25, -0.2) is 4.98 Å². The summed E-state index contributed by atoms with van der Waals surface area (Å²) >= 11 is 0. The van der Waals surface area contributed by atoms with E-state index in [4.69, 9.17) is 0 Å². The number of aromatic amines is 1. The number of rotatable bonds is 6. The van der Waals surface area contributed by atoms with Crippen molar-refractivity contribution in [3.63, 3.8) is 0 Å². The van der Waals surface area contributed by atoms with Crippen LogP contribution in [0.5, 0.6) is 0 Å². The van der Waals surface area contributed by atoms with Gasteiger partial charge in [-0.2, -0.15) is 5.10 Å². The molecule has 6 heteroatoms. The monoisotopic (exact) mass is 271 g/mol. The third-order valence-electron chi connectivity index (χ3n) is 2.77. The number of amides is 1. The highest BCUT2D eigenvalue weighted by atomic mass is 16.1. The average Bonchev–Trinajstić information content (AvgIpc) is 2.97. The summed E-state index contributed by atoms with van der Waals surface area (Å²) in [6, 6.07) is 5.48. The topological polar surface area (TPSA) is 73.9 Å². The number of aromatic nitrogens is 3. The molecule has 1 amide bonds. The van der Waals surface area contributed by atoms with Crippen LogP contribution in [0.3, 0.4) is 0 Å². The maximum atomic E-state index is 11.7. The fourth-order valence-corrected chi connectivity index (χ4v) is 1.72. The van der Waals surface area contributed by atoms with Gasteiger partial charge in [-0.1, -0.05) is 6.08 Å². The lowest BCUT2D eigenvalue weighted by Gasteiger charge is -2.17. The number of pyridine rings is 1. The van der Waals surface area contributed by atoms with Crippen LogP contribution in [0.25, 0.3) is 0 Å². The van der Waals surface area contributed by atoms with Crippen molar-refractivity contribution in [2.24, 2.45) is 0 Å². The minimum Gasteiger partial charge on any atom is -0.354 e. The first kappa shape index (κ1) is 13.8. The zero-order valence-corrected chi connectivity index (χ0v) is 11.3.